The van der Waals surface area contributed by atoms with Gasteiger partial charge in [0.05, 0.1) is 11.4 Å². The van der Waals surface area contributed by atoms with Crippen molar-refractivity contribution >= 4 is 17.7 Å². The number of hydrogen-bond acceptors (Lipinski definition) is 2. The first kappa shape index (κ1) is 18.6. The fourth-order valence-electron chi connectivity index (χ4n) is 3.16. The van der Waals surface area contributed by atoms with Gasteiger partial charge in [0.25, 0.3) is 0 Å². The first-order valence-corrected chi connectivity index (χ1v) is 9.17. The molecule has 0 radical (unpaired) electrons. The Morgan fingerprint density at radius 2 is 1.70 bits per heavy atom. The second-order valence-corrected chi connectivity index (χ2v) is 6.90. The molecule has 1 heterocycles. The number of rotatable bonds is 5. The van der Waals surface area contributed by atoms with Gasteiger partial charge < -0.3 is 5.32 Å². The molecule has 27 heavy (non-hydrogen) atoms. The average molecular weight is 359 g/mol. The lowest BCUT2D eigenvalue weighted by molar-refractivity contribution is -0.111. The van der Waals surface area contributed by atoms with Crippen LogP contribution in [0.25, 0.3) is 11.8 Å². The van der Waals surface area contributed by atoms with Crippen LogP contribution in [-0.2, 0) is 4.79 Å². The van der Waals surface area contributed by atoms with E-state index in [1.807, 2.05) is 79.2 Å². The summed E-state index contributed by atoms with van der Waals surface area (Å²) in [6, 6.07) is 17.9. The minimum atomic E-state index is -0.144. The molecule has 0 atom stereocenters. The van der Waals surface area contributed by atoms with Crippen molar-refractivity contribution in [1.82, 2.24) is 9.78 Å². The Morgan fingerprint density at radius 1 is 1.04 bits per heavy atom. The number of hydrogen-bond donors (Lipinski definition) is 1. The monoisotopic (exact) mass is 359 g/mol. The molecule has 1 amide bonds. The van der Waals surface area contributed by atoms with Gasteiger partial charge in [-0.3, -0.25) is 4.79 Å². The Labute approximate surface area is 160 Å². The SMILES string of the molecule is Cc1nn(-c2ccccc2)c(C)c1/C=C/C(=O)Nc1ccccc1C(C)C. The molecule has 4 heteroatoms. The second-order valence-electron chi connectivity index (χ2n) is 6.90. The van der Waals surface area contributed by atoms with E-state index in [4.69, 9.17) is 0 Å². The predicted molar refractivity (Wildman–Crippen MR) is 111 cm³/mol. The molecule has 3 rings (SSSR count). The van der Waals surface area contributed by atoms with E-state index in [1.54, 1.807) is 6.08 Å². The molecule has 1 N–H and O–H groups in total. The number of amides is 1. The summed E-state index contributed by atoms with van der Waals surface area (Å²) in [5, 5.41) is 7.60. The second kappa shape index (κ2) is 8.04. The van der Waals surface area contributed by atoms with Crippen LogP contribution >= 0.6 is 0 Å². The van der Waals surface area contributed by atoms with Crippen LogP contribution in [0.4, 0.5) is 5.69 Å². The van der Waals surface area contributed by atoms with Crippen LogP contribution in [0.2, 0.25) is 0 Å². The summed E-state index contributed by atoms with van der Waals surface area (Å²) in [5.74, 6) is 0.202. The molecule has 1 aromatic heterocycles. The van der Waals surface area contributed by atoms with Gasteiger partial charge >= 0.3 is 0 Å². The van der Waals surface area contributed by atoms with Gasteiger partial charge in [-0.15, -0.1) is 0 Å². The highest BCUT2D eigenvalue weighted by Gasteiger charge is 2.11. The maximum atomic E-state index is 12.4. The largest absolute Gasteiger partial charge is 0.322 e. The summed E-state index contributed by atoms with van der Waals surface area (Å²) in [6.07, 6.45) is 3.41. The third-order valence-electron chi connectivity index (χ3n) is 4.59. The van der Waals surface area contributed by atoms with Crippen LogP contribution in [-0.4, -0.2) is 15.7 Å². The van der Waals surface area contributed by atoms with E-state index in [2.05, 4.69) is 24.3 Å². The number of anilines is 1. The van der Waals surface area contributed by atoms with Gasteiger partial charge in [-0.25, -0.2) is 4.68 Å². The number of carbonyl (C=O) groups excluding carboxylic acids is 1. The molecule has 4 nitrogen and oxygen atoms in total. The number of aryl methyl sites for hydroxylation is 1. The molecule has 2 aromatic carbocycles. The summed E-state index contributed by atoms with van der Waals surface area (Å²) < 4.78 is 1.90. The quantitative estimate of drug-likeness (QED) is 0.631. The van der Waals surface area contributed by atoms with Crippen molar-refractivity contribution in [3.8, 4) is 5.69 Å². The van der Waals surface area contributed by atoms with Crippen molar-refractivity contribution in [2.45, 2.75) is 33.6 Å². The van der Waals surface area contributed by atoms with Crippen LogP contribution in [0.15, 0.2) is 60.7 Å². The minimum Gasteiger partial charge on any atom is -0.322 e. The van der Waals surface area contributed by atoms with Gasteiger partial charge in [-0.2, -0.15) is 5.10 Å². The van der Waals surface area contributed by atoms with E-state index in [0.29, 0.717) is 5.92 Å². The van der Waals surface area contributed by atoms with Gasteiger partial charge in [0, 0.05) is 23.0 Å². The molecule has 0 bridgehead atoms. The maximum Gasteiger partial charge on any atom is 0.248 e. The fourth-order valence-corrected chi connectivity index (χ4v) is 3.16. The molecule has 0 aliphatic carbocycles. The highest BCUT2D eigenvalue weighted by Crippen LogP contribution is 2.24. The normalized spacial score (nSPS) is 11.3. The summed E-state index contributed by atoms with van der Waals surface area (Å²) >= 11 is 0. The molecule has 0 unspecified atom stereocenters. The van der Waals surface area contributed by atoms with Crippen molar-refractivity contribution in [2.24, 2.45) is 0 Å². The fraction of sp³-hybridized carbons (Fsp3) is 0.217. The van der Waals surface area contributed by atoms with Crippen molar-refractivity contribution in [3.63, 3.8) is 0 Å². The van der Waals surface area contributed by atoms with E-state index in [-0.39, 0.29) is 5.91 Å². The molecule has 0 fully saturated rings. The molecule has 138 valence electrons. The first-order valence-electron chi connectivity index (χ1n) is 9.17. The number of para-hydroxylation sites is 2. The highest BCUT2D eigenvalue weighted by molar-refractivity contribution is 6.02. The smallest absolute Gasteiger partial charge is 0.248 e. The van der Waals surface area contributed by atoms with Crippen LogP contribution in [0.1, 0.15) is 42.3 Å². The number of nitrogens with zero attached hydrogens (tertiary/aromatic N) is 2. The molecular formula is C23H25N3O. The third-order valence-corrected chi connectivity index (χ3v) is 4.59. The zero-order chi connectivity index (χ0) is 19.4. The Kier molecular flexibility index (Phi) is 5.55. The molecule has 0 aliphatic heterocycles. The lowest BCUT2D eigenvalue weighted by Crippen LogP contribution is -2.10. The average Bonchev–Trinajstić information content (AvgIpc) is 2.95. The molecule has 0 saturated heterocycles. The molecule has 0 saturated carbocycles. The predicted octanol–water partition coefficient (Wildman–Crippen LogP) is 5.26. The van der Waals surface area contributed by atoms with E-state index in [9.17, 15) is 4.79 Å². The number of carbonyl (C=O) groups is 1. The summed E-state index contributed by atoms with van der Waals surface area (Å²) in [7, 11) is 0. The van der Waals surface area contributed by atoms with E-state index < -0.39 is 0 Å². The highest BCUT2D eigenvalue weighted by atomic mass is 16.1. The maximum absolute atomic E-state index is 12.4. The summed E-state index contributed by atoms with van der Waals surface area (Å²) in [5.41, 5.74) is 5.85. The molecular weight excluding hydrogens is 334 g/mol. The van der Waals surface area contributed by atoms with Crippen LogP contribution in [0, 0.1) is 13.8 Å². The Hall–Kier alpha value is -3.14. The molecule has 3 aromatic rings. The summed E-state index contributed by atoms with van der Waals surface area (Å²) in [6.45, 7) is 8.20. The lowest BCUT2D eigenvalue weighted by Gasteiger charge is -2.12. The van der Waals surface area contributed by atoms with Gasteiger partial charge in [0.2, 0.25) is 5.91 Å². The Bertz CT molecular complexity index is 969. The van der Waals surface area contributed by atoms with Gasteiger partial charge in [-0.1, -0.05) is 50.2 Å². The van der Waals surface area contributed by atoms with Crippen LogP contribution in [0.5, 0.6) is 0 Å². The standard InChI is InChI=1S/C23H25N3O/c1-16(2)20-12-8-9-13-22(20)24-23(27)15-14-21-17(3)25-26(18(21)4)19-10-6-5-7-11-19/h5-16H,1-4H3,(H,24,27)/b15-14+. The number of benzene rings is 2. The number of nitrogens with one attached hydrogen (secondary N) is 1. The van der Waals surface area contributed by atoms with E-state index in [0.717, 1.165) is 33.9 Å². The van der Waals surface area contributed by atoms with Gasteiger partial charge in [-0.05, 0) is 49.6 Å². The number of aromatic nitrogens is 2. The molecule has 0 aliphatic rings. The first-order chi connectivity index (χ1) is 13.0. The Morgan fingerprint density at radius 3 is 2.41 bits per heavy atom. The third kappa shape index (κ3) is 4.17. The Balaban J connectivity index is 1.81. The van der Waals surface area contributed by atoms with Gasteiger partial charge in [0.15, 0.2) is 0 Å². The lowest BCUT2D eigenvalue weighted by atomic mass is 10.0. The van der Waals surface area contributed by atoms with Crippen molar-refractivity contribution in [1.29, 1.82) is 0 Å². The zero-order valence-electron chi connectivity index (χ0n) is 16.2. The zero-order valence-corrected chi connectivity index (χ0v) is 16.2. The van der Waals surface area contributed by atoms with Crippen molar-refractivity contribution in [2.75, 3.05) is 5.32 Å². The van der Waals surface area contributed by atoms with Crippen LogP contribution in [0.3, 0.4) is 0 Å². The van der Waals surface area contributed by atoms with E-state index >= 15 is 0 Å². The van der Waals surface area contributed by atoms with Crippen LogP contribution < -0.4 is 5.32 Å². The van der Waals surface area contributed by atoms with Crippen molar-refractivity contribution in [3.05, 3.63) is 83.2 Å². The van der Waals surface area contributed by atoms with E-state index in [1.165, 1.54) is 0 Å². The topological polar surface area (TPSA) is 46.9 Å². The van der Waals surface area contributed by atoms with Gasteiger partial charge in [0.1, 0.15) is 0 Å². The molecule has 0 spiro atoms. The van der Waals surface area contributed by atoms with Crippen molar-refractivity contribution < 1.29 is 4.79 Å². The summed E-state index contributed by atoms with van der Waals surface area (Å²) in [4.78, 5) is 12.4. The minimum absolute atomic E-state index is 0.144.